The molecule has 0 aliphatic rings. The molecule has 0 aliphatic carbocycles. The predicted octanol–water partition coefficient (Wildman–Crippen LogP) is 2.38. The SMILES string of the molecule is CCC(C)CC(C)n1cncc1CCN. The normalized spacial score (nSPS) is 15.2. The van der Waals surface area contributed by atoms with Crippen LogP contribution in [0, 0.1) is 5.92 Å². The zero-order valence-electron chi connectivity index (χ0n) is 10.1. The van der Waals surface area contributed by atoms with Gasteiger partial charge in [-0.25, -0.2) is 4.98 Å². The lowest BCUT2D eigenvalue weighted by atomic mass is 10.00. The van der Waals surface area contributed by atoms with E-state index in [1.807, 2.05) is 12.5 Å². The van der Waals surface area contributed by atoms with Crippen LogP contribution in [-0.2, 0) is 6.42 Å². The van der Waals surface area contributed by atoms with E-state index in [4.69, 9.17) is 5.73 Å². The molecule has 3 nitrogen and oxygen atoms in total. The van der Waals surface area contributed by atoms with Crippen LogP contribution in [0.2, 0.25) is 0 Å². The van der Waals surface area contributed by atoms with E-state index < -0.39 is 0 Å². The van der Waals surface area contributed by atoms with Gasteiger partial charge in [-0.15, -0.1) is 0 Å². The molecule has 0 bridgehead atoms. The summed E-state index contributed by atoms with van der Waals surface area (Å²) < 4.78 is 2.26. The standard InChI is InChI=1S/C12H23N3/c1-4-10(2)7-11(3)15-9-14-8-12(15)5-6-13/h8-11H,4-7,13H2,1-3H3. The first-order valence-electron chi connectivity index (χ1n) is 5.89. The third kappa shape index (κ3) is 3.34. The highest BCUT2D eigenvalue weighted by Crippen LogP contribution is 2.20. The summed E-state index contributed by atoms with van der Waals surface area (Å²) in [7, 11) is 0. The minimum absolute atomic E-state index is 0.531. The Morgan fingerprint density at radius 3 is 2.80 bits per heavy atom. The van der Waals surface area contributed by atoms with Crippen LogP contribution < -0.4 is 5.73 Å². The Kier molecular flexibility index (Phi) is 4.82. The minimum Gasteiger partial charge on any atom is -0.332 e. The lowest BCUT2D eigenvalue weighted by Gasteiger charge is -2.19. The zero-order chi connectivity index (χ0) is 11.3. The maximum atomic E-state index is 5.58. The van der Waals surface area contributed by atoms with Gasteiger partial charge in [0.15, 0.2) is 0 Å². The van der Waals surface area contributed by atoms with E-state index in [9.17, 15) is 0 Å². The van der Waals surface area contributed by atoms with Gasteiger partial charge in [0.1, 0.15) is 0 Å². The van der Waals surface area contributed by atoms with Gasteiger partial charge >= 0.3 is 0 Å². The number of hydrogen-bond acceptors (Lipinski definition) is 2. The summed E-state index contributed by atoms with van der Waals surface area (Å²) in [4.78, 5) is 4.20. The van der Waals surface area contributed by atoms with Crippen LogP contribution in [0.1, 0.15) is 45.3 Å². The van der Waals surface area contributed by atoms with Crippen molar-refractivity contribution in [3.8, 4) is 0 Å². The molecule has 1 aromatic heterocycles. The number of rotatable bonds is 6. The summed E-state index contributed by atoms with van der Waals surface area (Å²) in [5, 5.41) is 0. The van der Waals surface area contributed by atoms with E-state index in [1.165, 1.54) is 18.5 Å². The summed E-state index contributed by atoms with van der Waals surface area (Å²) >= 11 is 0. The van der Waals surface area contributed by atoms with E-state index in [0.717, 1.165) is 12.3 Å². The van der Waals surface area contributed by atoms with Crippen molar-refractivity contribution >= 4 is 0 Å². The summed E-state index contributed by atoms with van der Waals surface area (Å²) in [5.41, 5.74) is 6.83. The van der Waals surface area contributed by atoms with Crippen LogP contribution in [0.25, 0.3) is 0 Å². The molecule has 86 valence electrons. The van der Waals surface area contributed by atoms with Gasteiger partial charge in [-0.3, -0.25) is 0 Å². The molecule has 15 heavy (non-hydrogen) atoms. The predicted molar refractivity (Wildman–Crippen MR) is 63.8 cm³/mol. The number of aromatic nitrogens is 2. The molecule has 0 spiro atoms. The van der Waals surface area contributed by atoms with Crippen LogP contribution in [0.4, 0.5) is 0 Å². The van der Waals surface area contributed by atoms with Gasteiger partial charge < -0.3 is 10.3 Å². The van der Waals surface area contributed by atoms with E-state index in [1.54, 1.807) is 0 Å². The Bertz CT molecular complexity index is 280. The summed E-state index contributed by atoms with van der Waals surface area (Å²) in [6, 6.07) is 0.531. The molecule has 2 N–H and O–H groups in total. The molecule has 2 atom stereocenters. The van der Waals surface area contributed by atoms with Crippen LogP contribution in [0.15, 0.2) is 12.5 Å². The molecule has 0 saturated carbocycles. The molecule has 2 unspecified atom stereocenters. The van der Waals surface area contributed by atoms with Crippen molar-refractivity contribution in [2.24, 2.45) is 11.7 Å². The molecule has 0 saturated heterocycles. The van der Waals surface area contributed by atoms with Gasteiger partial charge in [0.2, 0.25) is 0 Å². The fraction of sp³-hybridized carbons (Fsp3) is 0.750. The lowest BCUT2D eigenvalue weighted by Crippen LogP contribution is -2.13. The van der Waals surface area contributed by atoms with Gasteiger partial charge in [-0.1, -0.05) is 20.3 Å². The highest BCUT2D eigenvalue weighted by Gasteiger charge is 2.11. The Morgan fingerprint density at radius 1 is 1.47 bits per heavy atom. The molecule has 1 heterocycles. The maximum absolute atomic E-state index is 5.58. The smallest absolute Gasteiger partial charge is 0.0950 e. The fourth-order valence-corrected chi connectivity index (χ4v) is 1.93. The highest BCUT2D eigenvalue weighted by atomic mass is 15.1. The average Bonchev–Trinajstić information content (AvgIpc) is 2.66. The highest BCUT2D eigenvalue weighted by molar-refractivity contribution is 5.00. The second-order valence-electron chi connectivity index (χ2n) is 4.43. The van der Waals surface area contributed by atoms with Crippen molar-refractivity contribution in [2.45, 2.75) is 46.1 Å². The molecule has 3 heteroatoms. The second-order valence-corrected chi connectivity index (χ2v) is 4.43. The Hall–Kier alpha value is -0.830. The first-order chi connectivity index (χ1) is 7.19. The number of hydrogen-bond donors (Lipinski definition) is 1. The van der Waals surface area contributed by atoms with Gasteiger partial charge in [0, 0.05) is 24.4 Å². The van der Waals surface area contributed by atoms with Crippen molar-refractivity contribution in [3.05, 3.63) is 18.2 Å². The van der Waals surface area contributed by atoms with E-state index in [0.29, 0.717) is 12.6 Å². The average molecular weight is 209 g/mol. The van der Waals surface area contributed by atoms with Crippen molar-refractivity contribution in [2.75, 3.05) is 6.54 Å². The number of imidazole rings is 1. The van der Waals surface area contributed by atoms with Crippen molar-refractivity contribution in [1.82, 2.24) is 9.55 Å². The van der Waals surface area contributed by atoms with Gasteiger partial charge in [0.05, 0.1) is 6.33 Å². The van der Waals surface area contributed by atoms with Crippen LogP contribution in [0.3, 0.4) is 0 Å². The van der Waals surface area contributed by atoms with E-state index >= 15 is 0 Å². The quantitative estimate of drug-likeness (QED) is 0.781. The van der Waals surface area contributed by atoms with Crippen LogP contribution in [-0.4, -0.2) is 16.1 Å². The van der Waals surface area contributed by atoms with Crippen LogP contribution in [0.5, 0.6) is 0 Å². The van der Waals surface area contributed by atoms with E-state index in [2.05, 4.69) is 30.3 Å². The molecular weight excluding hydrogens is 186 g/mol. The molecule has 1 rings (SSSR count). The maximum Gasteiger partial charge on any atom is 0.0950 e. The molecule has 0 fully saturated rings. The number of nitrogens with two attached hydrogens (primary N) is 1. The van der Waals surface area contributed by atoms with E-state index in [-0.39, 0.29) is 0 Å². The number of nitrogens with zero attached hydrogens (tertiary/aromatic N) is 2. The molecule has 0 aliphatic heterocycles. The Morgan fingerprint density at radius 2 is 2.20 bits per heavy atom. The summed E-state index contributed by atoms with van der Waals surface area (Å²) in [5.74, 6) is 0.771. The third-order valence-corrected chi connectivity index (χ3v) is 3.06. The topological polar surface area (TPSA) is 43.8 Å². The first-order valence-corrected chi connectivity index (χ1v) is 5.89. The molecular formula is C12H23N3. The van der Waals surface area contributed by atoms with Gasteiger partial charge in [-0.2, -0.15) is 0 Å². The van der Waals surface area contributed by atoms with Crippen LogP contribution >= 0.6 is 0 Å². The molecule has 0 amide bonds. The minimum atomic E-state index is 0.531. The van der Waals surface area contributed by atoms with Gasteiger partial charge in [0.25, 0.3) is 0 Å². The van der Waals surface area contributed by atoms with Crippen molar-refractivity contribution in [3.63, 3.8) is 0 Å². The fourth-order valence-electron chi connectivity index (χ4n) is 1.93. The lowest BCUT2D eigenvalue weighted by molar-refractivity contribution is 0.391. The van der Waals surface area contributed by atoms with Crippen molar-refractivity contribution < 1.29 is 0 Å². The first kappa shape index (κ1) is 12.2. The third-order valence-electron chi connectivity index (χ3n) is 3.06. The second kappa shape index (κ2) is 5.91. The molecule has 1 aromatic rings. The summed E-state index contributed by atoms with van der Waals surface area (Å²) in [6.45, 7) is 7.50. The van der Waals surface area contributed by atoms with Crippen molar-refractivity contribution in [1.29, 1.82) is 0 Å². The largest absolute Gasteiger partial charge is 0.332 e. The Balaban J connectivity index is 2.63. The molecule has 0 radical (unpaired) electrons. The summed E-state index contributed by atoms with van der Waals surface area (Å²) in [6.07, 6.45) is 7.23. The van der Waals surface area contributed by atoms with Gasteiger partial charge in [-0.05, 0) is 25.8 Å². The molecule has 0 aromatic carbocycles. The Labute approximate surface area is 92.7 Å². The zero-order valence-corrected chi connectivity index (χ0v) is 10.1. The monoisotopic (exact) mass is 209 g/mol.